The Hall–Kier alpha value is -2.88. The van der Waals surface area contributed by atoms with Crippen LogP contribution in [0.2, 0.25) is 0 Å². The molecule has 0 aliphatic rings. The Labute approximate surface area is 156 Å². The second-order valence-corrected chi connectivity index (χ2v) is 6.73. The summed E-state index contributed by atoms with van der Waals surface area (Å²) in [6, 6.07) is 16.4. The number of anilines is 1. The van der Waals surface area contributed by atoms with E-state index in [1.807, 2.05) is 44.2 Å². The van der Waals surface area contributed by atoms with Gasteiger partial charge < -0.3 is 5.32 Å². The topological polar surface area (TPSA) is 53.5 Å². The van der Waals surface area contributed by atoms with Gasteiger partial charge in [0, 0.05) is 5.69 Å². The largest absolute Gasteiger partial charge is 0.376 e. The van der Waals surface area contributed by atoms with Crippen LogP contribution in [0.1, 0.15) is 43.4 Å². The van der Waals surface area contributed by atoms with E-state index in [4.69, 9.17) is 0 Å². The zero-order valence-electron chi connectivity index (χ0n) is 15.9. The lowest BCUT2D eigenvalue weighted by atomic mass is 10.0. The van der Waals surface area contributed by atoms with Crippen molar-refractivity contribution in [1.29, 1.82) is 0 Å². The fraction of sp³-hybridized carbons (Fsp3) is 0.273. The summed E-state index contributed by atoms with van der Waals surface area (Å²) in [5.74, 6) is 0.344. The number of benzene rings is 2. The molecule has 0 radical (unpaired) electrons. The van der Waals surface area contributed by atoms with Crippen LogP contribution in [0.3, 0.4) is 0 Å². The second kappa shape index (κ2) is 9.56. The second-order valence-electron chi connectivity index (χ2n) is 6.73. The number of hydrogen-bond donors (Lipinski definition) is 2. The van der Waals surface area contributed by atoms with Crippen molar-refractivity contribution in [2.75, 3.05) is 11.9 Å². The van der Waals surface area contributed by atoms with Crippen LogP contribution in [0.5, 0.6) is 0 Å². The quantitative estimate of drug-likeness (QED) is 0.560. The molecule has 0 atom stereocenters. The van der Waals surface area contributed by atoms with Gasteiger partial charge in [0.25, 0.3) is 5.91 Å². The molecule has 4 heteroatoms. The summed E-state index contributed by atoms with van der Waals surface area (Å²) in [6.07, 6.45) is 3.69. The highest BCUT2D eigenvalue weighted by molar-refractivity contribution is 5.87. The van der Waals surface area contributed by atoms with Gasteiger partial charge in [-0.2, -0.15) is 5.10 Å². The van der Waals surface area contributed by atoms with Gasteiger partial charge in [0.05, 0.1) is 12.8 Å². The number of hydrogen-bond acceptors (Lipinski definition) is 3. The first-order valence-electron chi connectivity index (χ1n) is 8.85. The van der Waals surface area contributed by atoms with Crippen molar-refractivity contribution >= 4 is 23.9 Å². The van der Waals surface area contributed by atoms with E-state index in [1.54, 1.807) is 6.21 Å². The van der Waals surface area contributed by atoms with Gasteiger partial charge in [0.1, 0.15) is 0 Å². The van der Waals surface area contributed by atoms with Crippen LogP contribution in [0.4, 0.5) is 5.69 Å². The van der Waals surface area contributed by atoms with Crippen LogP contribution in [0.15, 0.2) is 59.2 Å². The highest BCUT2D eigenvalue weighted by atomic mass is 16.2. The number of amides is 1. The lowest BCUT2D eigenvalue weighted by Gasteiger charge is -2.06. The van der Waals surface area contributed by atoms with Crippen LogP contribution in [-0.2, 0) is 4.79 Å². The van der Waals surface area contributed by atoms with E-state index < -0.39 is 0 Å². The molecule has 2 N–H and O–H groups in total. The molecule has 0 bridgehead atoms. The first kappa shape index (κ1) is 19.4. The predicted molar refractivity (Wildman–Crippen MR) is 110 cm³/mol. The summed E-state index contributed by atoms with van der Waals surface area (Å²) >= 11 is 0. The number of carbonyl (C=O) groups excluding carboxylic acids is 1. The van der Waals surface area contributed by atoms with Crippen LogP contribution >= 0.6 is 0 Å². The Kier molecular flexibility index (Phi) is 7.15. The third-order valence-corrected chi connectivity index (χ3v) is 3.93. The molecule has 0 heterocycles. The molecule has 0 aliphatic heterocycles. The molecule has 0 aromatic heterocycles. The van der Waals surface area contributed by atoms with Crippen molar-refractivity contribution in [3.05, 3.63) is 70.8 Å². The molecule has 0 saturated carbocycles. The van der Waals surface area contributed by atoms with E-state index in [0.29, 0.717) is 5.92 Å². The first-order chi connectivity index (χ1) is 12.4. The maximum absolute atomic E-state index is 11.8. The van der Waals surface area contributed by atoms with E-state index in [-0.39, 0.29) is 12.5 Å². The smallest absolute Gasteiger partial charge is 0.259 e. The van der Waals surface area contributed by atoms with Crippen LogP contribution in [-0.4, -0.2) is 18.7 Å². The predicted octanol–water partition coefficient (Wildman–Crippen LogP) is 4.74. The number of hydrazone groups is 1. The fourth-order valence-electron chi connectivity index (χ4n) is 2.46. The number of rotatable bonds is 7. The minimum Gasteiger partial charge on any atom is -0.376 e. The lowest BCUT2D eigenvalue weighted by molar-refractivity contribution is -0.119. The van der Waals surface area contributed by atoms with Gasteiger partial charge in [-0.15, -0.1) is 0 Å². The maximum atomic E-state index is 11.8. The molecule has 0 saturated heterocycles. The number of carbonyl (C=O) groups is 1. The van der Waals surface area contributed by atoms with Gasteiger partial charge in [-0.1, -0.05) is 56.3 Å². The Morgan fingerprint density at radius 3 is 2.54 bits per heavy atom. The monoisotopic (exact) mass is 349 g/mol. The molecule has 2 rings (SSSR count). The Bertz CT molecular complexity index is 789. The Morgan fingerprint density at radius 2 is 1.88 bits per heavy atom. The van der Waals surface area contributed by atoms with Crippen molar-refractivity contribution in [1.82, 2.24) is 5.43 Å². The van der Waals surface area contributed by atoms with Gasteiger partial charge in [0.2, 0.25) is 0 Å². The molecule has 4 nitrogen and oxygen atoms in total. The number of allylic oxidation sites excluding steroid dienone is 1. The molecule has 136 valence electrons. The van der Waals surface area contributed by atoms with Gasteiger partial charge >= 0.3 is 0 Å². The van der Waals surface area contributed by atoms with E-state index in [1.165, 1.54) is 5.56 Å². The highest BCUT2D eigenvalue weighted by Crippen LogP contribution is 2.16. The van der Waals surface area contributed by atoms with Crippen molar-refractivity contribution in [3.8, 4) is 0 Å². The molecule has 0 spiro atoms. The molecular formula is C22H27N3O. The normalized spacial score (nSPS) is 11.8. The fourth-order valence-corrected chi connectivity index (χ4v) is 2.46. The van der Waals surface area contributed by atoms with E-state index in [9.17, 15) is 4.79 Å². The van der Waals surface area contributed by atoms with Crippen molar-refractivity contribution < 1.29 is 4.79 Å². The van der Waals surface area contributed by atoms with Gasteiger partial charge in [-0.25, -0.2) is 5.43 Å². The lowest BCUT2D eigenvalue weighted by Crippen LogP contribution is -2.25. The Balaban J connectivity index is 1.81. The third-order valence-electron chi connectivity index (χ3n) is 3.93. The minimum absolute atomic E-state index is 0.181. The first-order valence-corrected chi connectivity index (χ1v) is 8.85. The zero-order chi connectivity index (χ0) is 18.9. The number of aryl methyl sites for hydroxylation is 1. The average Bonchev–Trinajstić information content (AvgIpc) is 2.60. The summed E-state index contributed by atoms with van der Waals surface area (Å²) in [4.78, 5) is 11.8. The molecule has 2 aromatic carbocycles. The van der Waals surface area contributed by atoms with Gasteiger partial charge in [-0.3, -0.25) is 4.79 Å². The number of nitrogens with zero attached hydrogens (tertiary/aromatic N) is 1. The van der Waals surface area contributed by atoms with Crippen molar-refractivity contribution in [3.63, 3.8) is 0 Å². The van der Waals surface area contributed by atoms with E-state index >= 15 is 0 Å². The summed E-state index contributed by atoms with van der Waals surface area (Å²) in [6.45, 7) is 8.51. The third kappa shape index (κ3) is 6.55. The molecule has 1 amide bonds. The summed E-state index contributed by atoms with van der Waals surface area (Å²) in [7, 11) is 0. The van der Waals surface area contributed by atoms with Crippen LogP contribution < -0.4 is 10.7 Å². The van der Waals surface area contributed by atoms with Crippen molar-refractivity contribution in [2.45, 2.75) is 33.6 Å². The van der Waals surface area contributed by atoms with Gasteiger partial charge in [-0.05, 0) is 54.2 Å². The van der Waals surface area contributed by atoms with Crippen molar-refractivity contribution in [2.24, 2.45) is 5.10 Å². The van der Waals surface area contributed by atoms with Crippen LogP contribution in [0.25, 0.3) is 6.08 Å². The SMILES string of the molecule is CC(/C=N/NC(=O)CNc1cccc(C)c1)=C\c1ccc(C(C)C)cc1. The van der Waals surface area contributed by atoms with Gasteiger partial charge in [0.15, 0.2) is 0 Å². The zero-order valence-corrected chi connectivity index (χ0v) is 15.9. The molecular weight excluding hydrogens is 322 g/mol. The summed E-state index contributed by atoms with van der Waals surface area (Å²) < 4.78 is 0. The molecule has 2 aromatic rings. The molecule has 0 fully saturated rings. The Morgan fingerprint density at radius 1 is 1.15 bits per heavy atom. The highest BCUT2D eigenvalue weighted by Gasteiger charge is 2.00. The summed E-state index contributed by atoms with van der Waals surface area (Å²) in [5.41, 5.74) is 8.01. The molecule has 26 heavy (non-hydrogen) atoms. The maximum Gasteiger partial charge on any atom is 0.259 e. The average molecular weight is 349 g/mol. The van der Waals surface area contributed by atoms with E-state index in [0.717, 1.165) is 22.4 Å². The standard InChI is InChI=1S/C22H27N3O/c1-16(2)20-10-8-19(9-11-20)12-18(4)14-24-25-22(26)15-23-21-7-5-6-17(3)13-21/h5-14,16,23H,15H2,1-4H3,(H,25,26)/b18-12+,24-14+. The molecule has 0 aliphatic carbocycles. The van der Waals surface area contributed by atoms with E-state index in [2.05, 4.69) is 54.0 Å². The summed E-state index contributed by atoms with van der Waals surface area (Å²) in [5, 5.41) is 7.09. The van der Waals surface area contributed by atoms with Crippen LogP contribution in [0, 0.1) is 6.92 Å². The minimum atomic E-state index is -0.183. The number of nitrogens with one attached hydrogen (secondary N) is 2. The molecule has 0 unspecified atom stereocenters.